The van der Waals surface area contributed by atoms with Crippen LogP contribution in [-0.4, -0.2) is 24.9 Å². The lowest BCUT2D eigenvalue weighted by molar-refractivity contribution is -0.135. The van der Waals surface area contributed by atoms with Crippen molar-refractivity contribution in [2.75, 3.05) is 7.11 Å². The number of ether oxygens (including phenoxy) is 1. The highest BCUT2D eigenvalue weighted by Gasteiger charge is 2.37. The van der Waals surface area contributed by atoms with Crippen molar-refractivity contribution in [2.24, 2.45) is 0 Å². The van der Waals surface area contributed by atoms with Crippen molar-refractivity contribution in [3.63, 3.8) is 0 Å². The zero-order valence-electron chi connectivity index (χ0n) is 9.67. The van der Waals surface area contributed by atoms with Gasteiger partial charge in [0.25, 0.3) is 5.91 Å². The molecule has 92 valence electrons. The van der Waals surface area contributed by atoms with Gasteiger partial charge in [0.05, 0.1) is 13.0 Å². The molecule has 0 aromatic heterocycles. The van der Waals surface area contributed by atoms with Gasteiger partial charge in [0.15, 0.2) is 0 Å². The molecule has 1 aliphatic heterocycles. The lowest BCUT2D eigenvalue weighted by atomic mass is 9.93. The number of rotatable bonds is 2. The number of hydrogen-bond donors (Lipinski definition) is 1. The third-order valence-electron chi connectivity index (χ3n) is 2.68. The summed E-state index contributed by atoms with van der Waals surface area (Å²) in [6.07, 6.45) is 1.05. The second-order valence-corrected chi connectivity index (χ2v) is 3.78. The molecule has 1 heterocycles. The highest BCUT2D eigenvalue weighted by atomic mass is 16.5. The summed E-state index contributed by atoms with van der Waals surface area (Å²) in [6, 6.07) is 8.80. The molecule has 18 heavy (non-hydrogen) atoms. The van der Waals surface area contributed by atoms with E-state index < -0.39 is 23.7 Å². The van der Waals surface area contributed by atoms with E-state index in [1.54, 1.807) is 24.3 Å². The number of hydrogen-bond acceptors (Lipinski definition) is 4. The molecule has 1 N–H and O–H groups in total. The first-order valence-corrected chi connectivity index (χ1v) is 5.33. The summed E-state index contributed by atoms with van der Waals surface area (Å²) in [7, 11) is 1.21. The van der Waals surface area contributed by atoms with Crippen molar-refractivity contribution in [2.45, 2.75) is 5.92 Å². The van der Waals surface area contributed by atoms with Gasteiger partial charge in [-0.1, -0.05) is 30.3 Å². The van der Waals surface area contributed by atoms with Crippen molar-refractivity contribution >= 4 is 17.8 Å². The molecule has 0 saturated carbocycles. The maximum absolute atomic E-state index is 11.7. The average molecular weight is 245 g/mol. The summed E-state index contributed by atoms with van der Waals surface area (Å²) in [5.74, 6) is -2.39. The highest BCUT2D eigenvalue weighted by molar-refractivity contribution is 6.19. The van der Waals surface area contributed by atoms with E-state index in [-0.39, 0.29) is 5.57 Å². The Balaban J connectivity index is 2.43. The minimum Gasteiger partial charge on any atom is -0.466 e. The van der Waals surface area contributed by atoms with Crippen molar-refractivity contribution in [3.05, 3.63) is 47.5 Å². The molecule has 0 radical (unpaired) electrons. The second-order valence-electron chi connectivity index (χ2n) is 3.78. The monoisotopic (exact) mass is 245 g/mol. The third kappa shape index (κ3) is 2.15. The Labute approximate surface area is 103 Å². The van der Waals surface area contributed by atoms with Crippen LogP contribution >= 0.6 is 0 Å². The van der Waals surface area contributed by atoms with Crippen molar-refractivity contribution in [1.29, 1.82) is 0 Å². The van der Waals surface area contributed by atoms with Gasteiger partial charge in [0, 0.05) is 11.6 Å². The van der Waals surface area contributed by atoms with E-state index in [2.05, 4.69) is 10.1 Å². The summed E-state index contributed by atoms with van der Waals surface area (Å²) in [6.45, 7) is 0. The van der Waals surface area contributed by atoms with Crippen LogP contribution in [0.2, 0.25) is 0 Å². The number of carbonyl (C=O) groups is 3. The molecule has 0 aliphatic carbocycles. The first-order valence-electron chi connectivity index (χ1n) is 5.33. The largest absolute Gasteiger partial charge is 0.466 e. The minimum absolute atomic E-state index is 0.109. The quantitative estimate of drug-likeness (QED) is 0.468. The molecule has 1 fully saturated rings. The van der Waals surface area contributed by atoms with E-state index in [1.165, 1.54) is 7.11 Å². The van der Waals surface area contributed by atoms with Crippen molar-refractivity contribution in [1.82, 2.24) is 5.32 Å². The molecule has 1 atom stereocenters. The van der Waals surface area contributed by atoms with Crippen molar-refractivity contribution < 1.29 is 19.1 Å². The number of amides is 2. The SMILES string of the molecule is COC(=O)/C=C1/C(=O)NC(=O)C1c1ccccc1. The molecule has 1 saturated heterocycles. The van der Waals surface area contributed by atoms with Gasteiger partial charge in [-0.05, 0) is 5.56 Å². The molecular weight excluding hydrogens is 234 g/mol. The van der Waals surface area contributed by atoms with Gasteiger partial charge in [-0.15, -0.1) is 0 Å². The Bertz CT molecular complexity index is 533. The molecule has 0 spiro atoms. The van der Waals surface area contributed by atoms with Crippen LogP contribution < -0.4 is 5.32 Å². The van der Waals surface area contributed by atoms with Crippen LogP contribution in [0.4, 0.5) is 0 Å². The van der Waals surface area contributed by atoms with Gasteiger partial charge in [-0.25, -0.2) is 4.79 Å². The molecular formula is C13H11NO4. The van der Waals surface area contributed by atoms with E-state index >= 15 is 0 Å². The molecule has 5 nitrogen and oxygen atoms in total. The number of benzene rings is 1. The summed E-state index contributed by atoms with van der Waals surface area (Å²) in [5, 5.41) is 2.19. The first kappa shape index (κ1) is 12.0. The third-order valence-corrected chi connectivity index (χ3v) is 2.68. The summed E-state index contributed by atoms with van der Waals surface area (Å²) in [5.41, 5.74) is 0.772. The van der Waals surface area contributed by atoms with Crippen molar-refractivity contribution in [3.8, 4) is 0 Å². The maximum atomic E-state index is 11.7. The Morgan fingerprint density at radius 2 is 1.94 bits per heavy atom. The van der Waals surface area contributed by atoms with Crippen LogP contribution in [0, 0.1) is 0 Å². The molecule has 1 unspecified atom stereocenters. The lowest BCUT2D eigenvalue weighted by Gasteiger charge is -2.07. The van der Waals surface area contributed by atoms with Crippen LogP contribution in [0.3, 0.4) is 0 Å². The van der Waals surface area contributed by atoms with Gasteiger partial charge in [0.2, 0.25) is 5.91 Å². The topological polar surface area (TPSA) is 72.5 Å². The molecule has 1 aromatic rings. The Morgan fingerprint density at radius 1 is 1.28 bits per heavy atom. The number of imide groups is 1. The van der Waals surface area contributed by atoms with Gasteiger partial charge < -0.3 is 4.74 Å². The van der Waals surface area contributed by atoms with Gasteiger partial charge in [0.1, 0.15) is 0 Å². The Morgan fingerprint density at radius 3 is 2.56 bits per heavy atom. The zero-order valence-corrected chi connectivity index (χ0v) is 9.67. The predicted molar refractivity (Wildman–Crippen MR) is 62.4 cm³/mol. The van der Waals surface area contributed by atoms with Gasteiger partial charge >= 0.3 is 5.97 Å². The van der Waals surface area contributed by atoms with Crippen LogP contribution in [0.25, 0.3) is 0 Å². The first-order chi connectivity index (χ1) is 8.63. The zero-order chi connectivity index (χ0) is 13.1. The van der Waals surface area contributed by atoms with Gasteiger partial charge in [-0.3, -0.25) is 14.9 Å². The fourth-order valence-electron chi connectivity index (χ4n) is 1.84. The van der Waals surface area contributed by atoms with Crippen LogP contribution in [0.5, 0.6) is 0 Å². The van der Waals surface area contributed by atoms with E-state index in [0.717, 1.165) is 6.08 Å². The van der Waals surface area contributed by atoms with E-state index in [9.17, 15) is 14.4 Å². The normalized spacial score (nSPS) is 20.9. The van der Waals surface area contributed by atoms with E-state index in [0.29, 0.717) is 5.56 Å². The standard InChI is InChI=1S/C13H11NO4/c1-18-10(15)7-9-11(13(17)14-12(9)16)8-5-3-2-4-6-8/h2-7,11H,1H3,(H,14,16,17)/b9-7+. The maximum Gasteiger partial charge on any atom is 0.330 e. The molecule has 2 amide bonds. The minimum atomic E-state index is -0.752. The number of esters is 1. The molecule has 1 aliphatic rings. The summed E-state index contributed by atoms with van der Waals surface area (Å²) >= 11 is 0. The smallest absolute Gasteiger partial charge is 0.330 e. The number of nitrogens with one attached hydrogen (secondary N) is 1. The molecule has 2 rings (SSSR count). The fourth-order valence-corrected chi connectivity index (χ4v) is 1.84. The molecule has 0 bridgehead atoms. The van der Waals surface area contributed by atoms with E-state index in [4.69, 9.17) is 0 Å². The number of carbonyl (C=O) groups excluding carboxylic acids is 3. The van der Waals surface area contributed by atoms with Gasteiger partial charge in [-0.2, -0.15) is 0 Å². The van der Waals surface area contributed by atoms with Crippen LogP contribution in [0.1, 0.15) is 11.5 Å². The summed E-state index contributed by atoms with van der Waals surface area (Å²) < 4.78 is 4.47. The summed E-state index contributed by atoms with van der Waals surface area (Å²) in [4.78, 5) is 34.6. The highest BCUT2D eigenvalue weighted by Crippen LogP contribution is 2.29. The second kappa shape index (κ2) is 4.83. The average Bonchev–Trinajstić information content (AvgIpc) is 2.65. The Kier molecular flexibility index (Phi) is 3.23. The van der Waals surface area contributed by atoms with Crippen LogP contribution in [0.15, 0.2) is 42.0 Å². The molecule has 1 aromatic carbocycles. The predicted octanol–water partition coefficient (Wildman–Crippen LogP) is 0.526. The number of methoxy groups -OCH3 is 1. The molecule has 5 heteroatoms. The van der Waals surface area contributed by atoms with Crippen LogP contribution in [-0.2, 0) is 19.1 Å². The fraction of sp³-hybridized carbons (Fsp3) is 0.154. The van der Waals surface area contributed by atoms with E-state index in [1.807, 2.05) is 6.07 Å². The Hall–Kier alpha value is -2.43. The lowest BCUT2D eigenvalue weighted by Crippen LogP contribution is -2.21.